The summed E-state index contributed by atoms with van der Waals surface area (Å²) in [5, 5.41) is 8.58. The lowest BCUT2D eigenvalue weighted by Gasteiger charge is -2.13. The number of carbonyl (C=O) groups excluding carboxylic acids is 2. The van der Waals surface area contributed by atoms with Gasteiger partial charge in [-0.15, -0.1) is 6.42 Å². The summed E-state index contributed by atoms with van der Waals surface area (Å²) >= 11 is 0.840. The Morgan fingerprint density at radius 2 is 1.90 bits per heavy atom. The van der Waals surface area contributed by atoms with E-state index >= 15 is 0 Å². The fraction of sp³-hybridized carbons (Fsp3) is 0.174. The van der Waals surface area contributed by atoms with Crippen molar-refractivity contribution in [2.75, 3.05) is 13.2 Å². The van der Waals surface area contributed by atoms with Crippen molar-refractivity contribution in [2.24, 2.45) is 0 Å². The number of hydrogen-bond donors (Lipinski definition) is 1. The van der Waals surface area contributed by atoms with Crippen LogP contribution in [0.4, 0.5) is 4.79 Å². The van der Waals surface area contributed by atoms with Crippen molar-refractivity contribution in [1.29, 1.82) is 0 Å². The van der Waals surface area contributed by atoms with E-state index in [0.717, 1.165) is 22.2 Å². The van der Waals surface area contributed by atoms with Gasteiger partial charge < -0.3 is 14.6 Å². The standard InChI is InChI=1S/C23H19NO6S/c1-3-11-24-21(25)20(31-23(24)28)13-16-7-10-18(19(12-16)29-4-2)30-14-15-5-8-17(9-6-15)22(26)27/h1,5-10,12-13H,4,11,14H2,2H3,(H,26,27). The first kappa shape index (κ1) is 22.0. The summed E-state index contributed by atoms with van der Waals surface area (Å²) in [6.45, 7) is 2.41. The molecule has 158 valence electrons. The highest BCUT2D eigenvalue weighted by Crippen LogP contribution is 2.34. The number of thioether (sulfide) groups is 1. The molecule has 0 aliphatic carbocycles. The van der Waals surface area contributed by atoms with E-state index in [0.29, 0.717) is 23.7 Å². The summed E-state index contributed by atoms with van der Waals surface area (Å²) < 4.78 is 11.5. The quantitative estimate of drug-likeness (QED) is 0.492. The maximum absolute atomic E-state index is 12.3. The van der Waals surface area contributed by atoms with E-state index in [1.54, 1.807) is 36.4 Å². The zero-order valence-corrected chi connectivity index (χ0v) is 17.5. The van der Waals surface area contributed by atoms with Crippen molar-refractivity contribution in [3.8, 4) is 23.8 Å². The fourth-order valence-electron chi connectivity index (χ4n) is 2.79. The first-order valence-corrected chi connectivity index (χ1v) is 10.1. The number of carboxylic acid groups (broad SMARTS) is 1. The minimum absolute atomic E-state index is 0.0631. The molecular weight excluding hydrogens is 418 g/mol. The average Bonchev–Trinajstić information content (AvgIpc) is 3.01. The number of carbonyl (C=O) groups is 3. The molecule has 0 bridgehead atoms. The van der Waals surface area contributed by atoms with Crippen LogP contribution in [-0.2, 0) is 11.4 Å². The number of amides is 2. The second-order valence-corrected chi connectivity index (χ2v) is 7.40. The van der Waals surface area contributed by atoms with Gasteiger partial charge in [0.25, 0.3) is 11.1 Å². The molecule has 0 atom stereocenters. The minimum atomic E-state index is -0.987. The maximum Gasteiger partial charge on any atom is 0.335 e. The van der Waals surface area contributed by atoms with Crippen LogP contribution in [-0.4, -0.2) is 40.3 Å². The van der Waals surface area contributed by atoms with Gasteiger partial charge in [-0.2, -0.15) is 0 Å². The third-order valence-corrected chi connectivity index (χ3v) is 5.19. The zero-order chi connectivity index (χ0) is 22.4. The monoisotopic (exact) mass is 437 g/mol. The van der Waals surface area contributed by atoms with Crippen molar-refractivity contribution in [3.05, 3.63) is 64.1 Å². The summed E-state index contributed by atoms with van der Waals surface area (Å²) in [5.74, 6) is 1.88. The van der Waals surface area contributed by atoms with E-state index in [1.165, 1.54) is 12.1 Å². The maximum atomic E-state index is 12.3. The third kappa shape index (κ3) is 5.27. The molecule has 0 aromatic heterocycles. The van der Waals surface area contributed by atoms with Crippen LogP contribution in [0.5, 0.6) is 11.5 Å². The number of carboxylic acids is 1. The van der Waals surface area contributed by atoms with Crippen LogP contribution in [0.15, 0.2) is 47.4 Å². The molecular formula is C23H19NO6S. The molecule has 0 unspecified atom stereocenters. The summed E-state index contributed by atoms with van der Waals surface area (Å²) in [5.41, 5.74) is 1.68. The van der Waals surface area contributed by atoms with E-state index < -0.39 is 17.1 Å². The highest BCUT2D eigenvalue weighted by Gasteiger charge is 2.34. The Labute approximate surface area is 183 Å². The van der Waals surface area contributed by atoms with Crippen LogP contribution in [0.25, 0.3) is 6.08 Å². The van der Waals surface area contributed by atoms with Gasteiger partial charge in [-0.3, -0.25) is 14.5 Å². The lowest BCUT2D eigenvalue weighted by molar-refractivity contribution is -0.122. The molecule has 1 N–H and O–H groups in total. The molecule has 0 radical (unpaired) electrons. The van der Waals surface area contributed by atoms with Gasteiger partial charge in [-0.05, 0) is 60.2 Å². The van der Waals surface area contributed by atoms with E-state index in [1.807, 2.05) is 6.92 Å². The number of terminal acetylenes is 1. The number of ether oxygens (including phenoxy) is 2. The van der Waals surface area contributed by atoms with Crippen molar-refractivity contribution >= 4 is 35.0 Å². The van der Waals surface area contributed by atoms with Crippen LogP contribution in [0.1, 0.15) is 28.4 Å². The van der Waals surface area contributed by atoms with Crippen LogP contribution in [0.3, 0.4) is 0 Å². The molecule has 2 aromatic rings. The van der Waals surface area contributed by atoms with Gasteiger partial charge in [0.05, 0.1) is 23.6 Å². The molecule has 0 spiro atoms. The molecule has 31 heavy (non-hydrogen) atoms. The van der Waals surface area contributed by atoms with Crippen molar-refractivity contribution in [2.45, 2.75) is 13.5 Å². The third-order valence-electron chi connectivity index (χ3n) is 4.28. The lowest BCUT2D eigenvalue weighted by Crippen LogP contribution is -2.28. The van der Waals surface area contributed by atoms with Crippen molar-refractivity contribution < 1.29 is 29.0 Å². The Hall–Kier alpha value is -3.70. The molecule has 2 amide bonds. The predicted molar refractivity (Wildman–Crippen MR) is 117 cm³/mol. The predicted octanol–water partition coefficient (Wildman–Crippen LogP) is 4.03. The largest absolute Gasteiger partial charge is 0.490 e. The summed E-state index contributed by atoms with van der Waals surface area (Å²) in [6.07, 6.45) is 6.82. The Balaban J connectivity index is 1.76. The van der Waals surface area contributed by atoms with E-state index in [2.05, 4.69) is 5.92 Å². The number of benzene rings is 2. The number of hydrogen-bond acceptors (Lipinski definition) is 6. The molecule has 7 nitrogen and oxygen atoms in total. The van der Waals surface area contributed by atoms with Gasteiger partial charge in [-0.1, -0.05) is 24.1 Å². The Bertz CT molecular complexity index is 1080. The lowest BCUT2D eigenvalue weighted by atomic mass is 10.1. The smallest absolute Gasteiger partial charge is 0.335 e. The normalized spacial score (nSPS) is 14.6. The summed E-state index contributed by atoms with van der Waals surface area (Å²) in [7, 11) is 0. The molecule has 1 saturated heterocycles. The first-order chi connectivity index (χ1) is 14.9. The molecule has 2 aromatic carbocycles. The van der Waals surface area contributed by atoms with Crippen molar-refractivity contribution in [3.63, 3.8) is 0 Å². The Morgan fingerprint density at radius 3 is 2.55 bits per heavy atom. The van der Waals surface area contributed by atoms with Crippen LogP contribution in [0, 0.1) is 12.3 Å². The van der Waals surface area contributed by atoms with E-state index in [9.17, 15) is 14.4 Å². The summed E-state index contributed by atoms with van der Waals surface area (Å²) in [4.78, 5) is 36.5. The van der Waals surface area contributed by atoms with E-state index in [4.69, 9.17) is 21.0 Å². The van der Waals surface area contributed by atoms with Crippen LogP contribution >= 0.6 is 11.8 Å². The average molecular weight is 437 g/mol. The highest BCUT2D eigenvalue weighted by molar-refractivity contribution is 8.18. The van der Waals surface area contributed by atoms with Gasteiger partial charge in [-0.25, -0.2) is 4.79 Å². The molecule has 1 aliphatic heterocycles. The van der Waals surface area contributed by atoms with Gasteiger partial charge >= 0.3 is 5.97 Å². The molecule has 3 rings (SSSR count). The van der Waals surface area contributed by atoms with Gasteiger partial charge in [0.1, 0.15) is 6.61 Å². The number of imide groups is 1. The molecule has 8 heteroatoms. The number of nitrogens with zero attached hydrogens (tertiary/aromatic N) is 1. The Morgan fingerprint density at radius 1 is 1.16 bits per heavy atom. The second kappa shape index (κ2) is 9.87. The fourth-order valence-corrected chi connectivity index (χ4v) is 3.62. The topological polar surface area (TPSA) is 93.1 Å². The molecule has 0 saturated carbocycles. The molecule has 1 aliphatic rings. The zero-order valence-electron chi connectivity index (χ0n) is 16.7. The van der Waals surface area contributed by atoms with Gasteiger partial charge in [0.2, 0.25) is 0 Å². The molecule has 1 heterocycles. The van der Waals surface area contributed by atoms with Gasteiger partial charge in [0.15, 0.2) is 11.5 Å². The Kier molecular flexibility index (Phi) is 7.00. The van der Waals surface area contributed by atoms with Crippen LogP contribution in [0.2, 0.25) is 0 Å². The van der Waals surface area contributed by atoms with Crippen molar-refractivity contribution in [1.82, 2.24) is 4.90 Å². The molecule has 1 fully saturated rings. The SMILES string of the molecule is C#CCN1C(=O)SC(=Cc2ccc(OCc3ccc(C(=O)O)cc3)c(OCC)c2)C1=O. The number of aromatic carboxylic acids is 1. The first-order valence-electron chi connectivity index (χ1n) is 9.33. The van der Waals surface area contributed by atoms with E-state index in [-0.39, 0.29) is 23.6 Å². The van der Waals surface area contributed by atoms with Crippen LogP contribution < -0.4 is 9.47 Å². The van der Waals surface area contributed by atoms with Gasteiger partial charge in [0, 0.05) is 0 Å². The summed E-state index contributed by atoms with van der Waals surface area (Å²) in [6, 6.07) is 11.6. The minimum Gasteiger partial charge on any atom is -0.490 e. The second-order valence-electron chi connectivity index (χ2n) is 6.40. The number of rotatable bonds is 8. The highest BCUT2D eigenvalue weighted by atomic mass is 32.2.